The molecule has 0 unspecified atom stereocenters. The average molecular weight is 297 g/mol. The van der Waals surface area contributed by atoms with Gasteiger partial charge in [0.2, 0.25) is 0 Å². The van der Waals surface area contributed by atoms with E-state index in [0.717, 1.165) is 24.1 Å². The lowest BCUT2D eigenvalue weighted by molar-refractivity contribution is 0.629. The predicted octanol–water partition coefficient (Wildman–Crippen LogP) is 4.03. The van der Waals surface area contributed by atoms with Gasteiger partial charge in [0.05, 0.1) is 15.7 Å². The zero-order chi connectivity index (χ0) is 14.3. The van der Waals surface area contributed by atoms with Crippen LogP contribution in [0.1, 0.15) is 57.9 Å². The van der Waals surface area contributed by atoms with Crippen molar-refractivity contribution in [2.45, 2.75) is 57.7 Å². The summed E-state index contributed by atoms with van der Waals surface area (Å²) >= 11 is 1.65. The molecule has 0 saturated carbocycles. The normalized spacial score (nSPS) is 14.5. The van der Waals surface area contributed by atoms with Crippen molar-refractivity contribution < 1.29 is 4.21 Å². The van der Waals surface area contributed by atoms with Crippen molar-refractivity contribution in [3.63, 3.8) is 0 Å². The molecule has 2 nitrogen and oxygen atoms in total. The maximum atomic E-state index is 12.2. The third-order valence-electron chi connectivity index (χ3n) is 2.51. The topological polar surface area (TPSA) is 29.1 Å². The van der Waals surface area contributed by atoms with Gasteiger partial charge in [-0.2, -0.15) is 0 Å². The Balaban J connectivity index is 2.76. The number of nitrogens with one attached hydrogen (secondary N) is 1. The van der Waals surface area contributed by atoms with Crippen molar-refractivity contribution >= 4 is 22.3 Å². The van der Waals surface area contributed by atoms with E-state index in [1.807, 2.05) is 38.3 Å². The van der Waals surface area contributed by atoms with Crippen molar-refractivity contribution in [1.29, 1.82) is 0 Å². The Bertz CT molecular complexity index is 449. The lowest BCUT2D eigenvalue weighted by Gasteiger charge is -2.20. The molecule has 0 aromatic carbocycles. The fourth-order valence-electron chi connectivity index (χ4n) is 1.34. The monoisotopic (exact) mass is 297 g/mol. The lowest BCUT2D eigenvalue weighted by atomic mass is 10.2. The summed E-state index contributed by atoms with van der Waals surface area (Å²) in [5.41, 5.74) is 0. The Kier molecular flexibility index (Phi) is 6.78. The maximum absolute atomic E-state index is 12.2. The molecule has 19 heavy (non-hydrogen) atoms. The molecule has 0 aliphatic heterocycles. The molecule has 0 aliphatic carbocycles. The Labute approximate surface area is 123 Å². The second-order valence-corrected chi connectivity index (χ2v) is 8.35. The summed E-state index contributed by atoms with van der Waals surface area (Å²) in [5.74, 6) is 6.41. The SMILES string of the molecule is CCCCC#C[C@H](N[S@](=O)C(C)(C)C)c1cccs1. The number of rotatable bonds is 5. The standard InChI is InChI=1S/C15H23NOS2/c1-5-6-7-8-10-13(14-11-9-12-18-14)16-19(17)15(2,3)4/h9,11-13,16H,5-7H2,1-4H3/t13-,19+/m0/s1. The minimum atomic E-state index is -1.11. The molecule has 0 aliphatic rings. The first kappa shape index (κ1) is 16.4. The summed E-state index contributed by atoms with van der Waals surface area (Å²) < 4.78 is 15.1. The van der Waals surface area contributed by atoms with Gasteiger partial charge in [-0.1, -0.05) is 25.3 Å². The number of hydrogen-bond acceptors (Lipinski definition) is 2. The number of unbranched alkanes of at least 4 members (excludes halogenated alkanes) is 2. The van der Waals surface area contributed by atoms with Crippen molar-refractivity contribution in [2.75, 3.05) is 0 Å². The Morgan fingerprint density at radius 3 is 2.74 bits per heavy atom. The Morgan fingerprint density at radius 2 is 2.21 bits per heavy atom. The highest BCUT2D eigenvalue weighted by atomic mass is 32.2. The highest BCUT2D eigenvalue weighted by Gasteiger charge is 2.23. The first-order chi connectivity index (χ1) is 8.95. The molecule has 0 radical (unpaired) electrons. The van der Waals surface area contributed by atoms with Crippen LogP contribution in [0.25, 0.3) is 0 Å². The molecular weight excluding hydrogens is 274 g/mol. The predicted molar refractivity (Wildman–Crippen MR) is 85.4 cm³/mol. The molecule has 1 heterocycles. The first-order valence-electron chi connectivity index (χ1n) is 6.65. The van der Waals surface area contributed by atoms with Gasteiger partial charge in [0.15, 0.2) is 0 Å². The zero-order valence-electron chi connectivity index (χ0n) is 12.2. The van der Waals surface area contributed by atoms with Gasteiger partial charge >= 0.3 is 0 Å². The van der Waals surface area contributed by atoms with Crippen LogP contribution in [0.15, 0.2) is 17.5 Å². The van der Waals surface area contributed by atoms with E-state index >= 15 is 0 Å². The summed E-state index contributed by atoms with van der Waals surface area (Å²) in [5, 5.41) is 2.03. The minimum absolute atomic E-state index is 0.128. The van der Waals surface area contributed by atoms with Crippen molar-refractivity contribution in [1.82, 2.24) is 4.72 Å². The second-order valence-electron chi connectivity index (χ2n) is 5.37. The van der Waals surface area contributed by atoms with E-state index in [1.54, 1.807) is 11.3 Å². The highest BCUT2D eigenvalue weighted by Crippen LogP contribution is 2.21. The quantitative estimate of drug-likeness (QED) is 0.645. The van der Waals surface area contributed by atoms with E-state index in [1.165, 1.54) is 0 Å². The van der Waals surface area contributed by atoms with Crippen LogP contribution in [0.4, 0.5) is 0 Å². The average Bonchev–Trinajstić information content (AvgIpc) is 2.85. The summed E-state index contributed by atoms with van der Waals surface area (Å²) in [6, 6.07) is 3.91. The van der Waals surface area contributed by atoms with Crippen LogP contribution in [0, 0.1) is 11.8 Å². The van der Waals surface area contributed by atoms with E-state index in [9.17, 15) is 4.21 Å². The van der Waals surface area contributed by atoms with Gasteiger partial charge in [-0.3, -0.25) is 0 Å². The van der Waals surface area contributed by atoms with Gasteiger partial charge in [-0.15, -0.1) is 17.3 Å². The Hall–Kier alpha value is -0.630. The number of thiophene rings is 1. The summed E-state index contributed by atoms with van der Waals surface area (Å²) in [7, 11) is -1.11. The van der Waals surface area contributed by atoms with Gasteiger partial charge in [0.1, 0.15) is 6.04 Å². The largest absolute Gasteiger partial charge is 0.242 e. The third kappa shape index (κ3) is 5.90. The second kappa shape index (κ2) is 7.84. The van der Waals surface area contributed by atoms with Crippen molar-refractivity contribution in [2.24, 2.45) is 0 Å². The molecule has 0 amide bonds. The van der Waals surface area contributed by atoms with Gasteiger partial charge in [-0.05, 0) is 38.6 Å². The van der Waals surface area contributed by atoms with Crippen molar-refractivity contribution in [3.05, 3.63) is 22.4 Å². The van der Waals surface area contributed by atoms with Crippen LogP contribution >= 0.6 is 11.3 Å². The first-order valence-corrected chi connectivity index (χ1v) is 8.68. The molecule has 0 fully saturated rings. The maximum Gasteiger partial charge on any atom is 0.115 e. The molecule has 1 N–H and O–H groups in total. The highest BCUT2D eigenvalue weighted by molar-refractivity contribution is 7.84. The summed E-state index contributed by atoms with van der Waals surface area (Å²) in [6.07, 6.45) is 3.18. The van der Waals surface area contributed by atoms with E-state index in [2.05, 4.69) is 23.5 Å². The Morgan fingerprint density at radius 1 is 1.47 bits per heavy atom. The van der Waals surface area contributed by atoms with E-state index in [0.29, 0.717) is 0 Å². The van der Waals surface area contributed by atoms with Gasteiger partial charge in [0, 0.05) is 11.3 Å². The molecule has 106 valence electrons. The van der Waals surface area contributed by atoms with Crippen LogP contribution in [0.3, 0.4) is 0 Å². The fourth-order valence-corrected chi connectivity index (χ4v) is 2.89. The number of hydrogen-bond donors (Lipinski definition) is 1. The molecule has 1 aromatic heterocycles. The van der Waals surface area contributed by atoms with Gasteiger partial charge < -0.3 is 0 Å². The van der Waals surface area contributed by atoms with Crippen LogP contribution in [0.2, 0.25) is 0 Å². The van der Waals surface area contributed by atoms with E-state index < -0.39 is 11.0 Å². The van der Waals surface area contributed by atoms with Gasteiger partial charge in [0.25, 0.3) is 0 Å². The van der Waals surface area contributed by atoms with Crippen molar-refractivity contribution in [3.8, 4) is 11.8 Å². The van der Waals surface area contributed by atoms with E-state index in [-0.39, 0.29) is 10.8 Å². The smallest absolute Gasteiger partial charge is 0.115 e. The summed E-state index contributed by atoms with van der Waals surface area (Å²) in [4.78, 5) is 1.13. The molecule has 4 heteroatoms. The minimum Gasteiger partial charge on any atom is -0.242 e. The van der Waals surface area contributed by atoms with Crippen LogP contribution < -0.4 is 4.72 Å². The van der Waals surface area contributed by atoms with Crippen LogP contribution in [0.5, 0.6) is 0 Å². The molecular formula is C15H23NOS2. The molecule has 0 spiro atoms. The molecule has 0 saturated heterocycles. The van der Waals surface area contributed by atoms with Crippen LogP contribution in [-0.2, 0) is 11.0 Å². The third-order valence-corrected chi connectivity index (χ3v) is 5.01. The molecule has 2 atom stereocenters. The zero-order valence-corrected chi connectivity index (χ0v) is 13.8. The fraction of sp³-hybridized carbons (Fsp3) is 0.600. The molecule has 1 aromatic rings. The summed E-state index contributed by atoms with van der Waals surface area (Å²) in [6.45, 7) is 8.05. The van der Waals surface area contributed by atoms with E-state index in [4.69, 9.17) is 0 Å². The molecule has 0 bridgehead atoms. The van der Waals surface area contributed by atoms with Crippen LogP contribution in [-0.4, -0.2) is 8.96 Å². The lowest BCUT2D eigenvalue weighted by Crippen LogP contribution is -2.35. The van der Waals surface area contributed by atoms with Gasteiger partial charge in [-0.25, -0.2) is 8.93 Å². The molecule has 1 rings (SSSR count).